The summed E-state index contributed by atoms with van der Waals surface area (Å²) in [5.74, 6) is -0.477. The predicted octanol–water partition coefficient (Wildman–Crippen LogP) is 3.18. The largest absolute Gasteiger partial charge is 0.508 e. The molecule has 0 spiro atoms. The Morgan fingerprint density at radius 3 is 2.20 bits per heavy atom. The number of phenolic OH excluding ortho intramolecular Hbond substituents is 3. The molecule has 0 saturated carbocycles. The zero-order valence-corrected chi connectivity index (χ0v) is 10.9. The summed E-state index contributed by atoms with van der Waals surface area (Å²) < 4.78 is 0. The summed E-state index contributed by atoms with van der Waals surface area (Å²) in [5, 5.41) is 28.4. The summed E-state index contributed by atoms with van der Waals surface area (Å²) in [6.45, 7) is 1.35. The Labute approximate surface area is 116 Å². The number of phenols is 3. The Kier molecular flexibility index (Phi) is 3.75. The van der Waals surface area contributed by atoms with Gasteiger partial charge in [-0.25, -0.2) is 0 Å². The van der Waals surface area contributed by atoms with Crippen LogP contribution in [0.3, 0.4) is 0 Å². The molecule has 102 valence electrons. The minimum Gasteiger partial charge on any atom is -0.508 e. The van der Waals surface area contributed by atoms with E-state index in [-0.39, 0.29) is 28.6 Å². The van der Waals surface area contributed by atoms with Crippen molar-refractivity contribution in [3.63, 3.8) is 0 Å². The van der Waals surface area contributed by atoms with E-state index in [0.29, 0.717) is 5.56 Å². The van der Waals surface area contributed by atoms with Gasteiger partial charge in [-0.05, 0) is 36.2 Å². The highest BCUT2D eigenvalue weighted by molar-refractivity contribution is 6.01. The fourth-order valence-corrected chi connectivity index (χ4v) is 1.92. The average molecular weight is 270 g/mol. The molecule has 0 fully saturated rings. The first-order chi connectivity index (χ1) is 9.47. The summed E-state index contributed by atoms with van der Waals surface area (Å²) in [7, 11) is 0. The lowest BCUT2D eigenvalue weighted by Gasteiger charge is -2.06. The van der Waals surface area contributed by atoms with Gasteiger partial charge in [0.2, 0.25) is 0 Å². The first kappa shape index (κ1) is 13.7. The number of carbonyl (C=O) groups excluding carboxylic acids is 1. The van der Waals surface area contributed by atoms with Crippen molar-refractivity contribution in [2.45, 2.75) is 6.92 Å². The van der Waals surface area contributed by atoms with Crippen LogP contribution in [-0.2, 0) is 0 Å². The summed E-state index contributed by atoms with van der Waals surface area (Å²) in [6, 6.07) is 9.06. The minimum absolute atomic E-state index is 0.113. The van der Waals surface area contributed by atoms with E-state index in [2.05, 4.69) is 0 Å². The van der Waals surface area contributed by atoms with Gasteiger partial charge < -0.3 is 15.3 Å². The van der Waals surface area contributed by atoms with Crippen LogP contribution in [0.4, 0.5) is 0 Å². The van der Waals surface area contributed by atoms with Gasteiger partial charge >= 0.3 is 0 Å². The molecule has 0 aromatic heterocycles. The van der Waals surface area contributed by atoms with Crippen LogP contribution in [0, 0.1) is 0 Å². The second-order valence-corrected chi connectivity index (χ2v) is 4.41. The molecule has 0 amide bonds. The van der Waals surface area contributed by atoms with Crippen LogP contribution in [0.25, 0.3) is 12.2 Å². The second kappa shape index (κ2) is 5.48. The van der Waals surface area contributed by atoms with Gasteiger partial charge in [0.1, 0.15) is 17.2 Å². The standard InChI is InChI=1S/C16H14O4/c1-10(17)16-12(8-14(19)9-15(16)20)5-2-11-3-6-13(18)7-4-11/h2-9,18-20H,1H3/b5-2-. The summed E-state index contributed by atoms with van der Waals surface area (Å²) in [4.78, 5) is 11.5. The number of hydrogen-bond acceptors (Lipinski definition) is 4. The number of carbonyl (C=O) groups is 1. The van der Waals surface area contributed by atoms with E-state index in [0.717, 1.165) is 11.6 Å². The van der Waals surface area contributed by atoms with E-state index >= 15 is 0 Å². The molecule has 0 bridgehead atoms. The van der Waals surface area contributed by atoms with Crippen molar-refractivity contribution in [1.29, 1.82) is 0 Å². The predicted molar refractivity (Wildman–Crippen MR) is 76.8 cm³/mol. The molecule has 0 radical (unpaired) electrons. The van der Waals surface area contributed by atoms with Crippen molar-refractivity contribution in [2.24, 2.45) is 0 Å². The maximum absolute atomic E-state index is 11.5. The average Bonchev–Trinajstić information content (AvgIpc) is 2.36. The molecule has 4 nitrogen and oxygen atoms in total. The monoisotopic (exact) mass is 270 g/mol. The van der Waals surface area contributed by atoms with Crippen molar-refractivity contribution in [3.05, 3.63) is 53.1 Å². The molecule has 0 saturated heterocycles. The number of Topliss-reactive ketones (excluding diaryl/α,β-unsaturated/α-hetero) is 1. The SMILES string of the molecule is CC(=O)c1c(O)cc(O)cc1/C=C\c1ccc(O)cc1. The third-order valence-corrected chi connectivity index (χ3v) is 2.83. The molecule has 0 atom stereocenters. The highest BCUT2D eigenvalue weighted by Gasteiger charge is 2.12. The zero-order chi connectivity index (χ0) is 14.7. The van der Waals surface area contributed by atoms with Gasteiger partial charge in [-0.1, -0.05) is 24.3 Å². The Morgan fingerprint density at radius 2 is 1.60 bits per heavy atom. The van der Waals surface area contributed by atoms with E-state index in [1.165, 1.54) is 13.0 Å². The van der Waals surface area contributed by atoms with Crippen molar-refractivity contribution in [1.82, 2.24) is 0 Å². The molecule has 2 rings (SSSR count). The topological polar surface area (TPSA) is 77.8 Å². The van der Waals surface area contributed by atoms with Crippen LogP contribution < -0.4 is 0 Å². The van der Waals surface area contributed by atoms with Crippen LogP contribution >= 0.6 is 0 Å². The van der Waals surface area contributed by atoms with Gasteiger partial charge in [-0.15, -0.1) is 0 Å². The fraction of sp³-hybridized carbons (Fsp3) is 0.0625. The number of hydrogen-bond donors (Lipinski definition) is 3. The van der Waals surface area contributed by atoms with Crippen LogP contribution in [-0.4, -0.2) is 21.1 Å². The highest BCUT2D eigenvalue weighted by atomic mass is 16.3. The lowest BCUT2D eigenvalue weighted by molar-refractivity contribution is 0.101. The third-order valence-electron chi connectivity index (χ3n) is 2.83. The minimum atomic E-state index is -0.284. The van der Waals surface area contributed by atoms with E-state index in [1.54, 1.807) is 36.4 Å². The number of aromatic hydroxyl groups is 3. The van der Waals surface area contributed by atoms with Gasteiger partial charge in [0.25, 0.3) is 0 Å². The molecular formula is C16H14O4. The lowest BCUT2D eigenvalue weighted by atomic mass is 10.0. The van der Waals surface area contributed by atoms with Crippen LogP contribution in [0.5, 0.6) is 17.2 Å². The van der Waals surface area contributed by atoms with Gasteiger partial charge in [0, 0.05) is 6.07 Å². The molecule has 0 aliphatic rings. The van der Waals surface area contributed by atoms with Crippen molar-refractivity contribution < 1.29 is 20.1 Å². The van der Waals surface area contributed by atoms with Crippen LogP contribution in [0.2, 0.25) is 0 Å². The van der Waals surface area contributed by atoms with E-state index in [9.17, 15) is 20.1 Å². The van der Waals surface area contributed by atoms with Gasteiger partial charge in [0.05, 0.1) is 5.56 Å². The third kappa shape index (κ3) is 2.98. The lowest BCUT2D eigenvalue weighted by Crippen LogP contribution is -1.96. The normalized spacial score (nSPS) is 10.8. The van der Waals surface area contributed by atoms with Gasteiger partial charge in [-0.3, -0.25) is 4.79 Å². The van der Waals surface area contributed by atoms with Crippen molar-refractivity contribution in [3.8, 4) is 17.2 Å². The van der Waals surface area contributed by atoms with E-state index in [4.69, 9.17) is 0 Å². The first-order valence-corrected chi connectivity index (χ1v) is 6.01. The first-order valence-electron chi connectivity index (χ1n) is 6.01. The molecular weight excluding hydrogens is 256 g/mol. The smallest absolute Gasteiger partial charge is 0.164 e. The van der Waals surface area contributed by atoms with Crippen LogP contribution in [0.1, 0.15) is 28.4 Å². The molecule has 0 aliphatic carbocycles. The Balaban J connectivity index is 2.42. The highest BCUT2D eigenvalue weighted by Crippen LogP contribution is 2.29. The summed E-state index contributed by atoms with van der Waals surface area (Å²) in [5.41, 5.74) is 1.42. The van der Waals surface area contributed by atoms with Crippen molar-refractivity contribution in [2.75, 3.05) is 0 Å². The molecule has 0 unspecified atom stereocenters. The van der Waals surface area contributed by atoms with Crippen molar-refractivity contribution >= 4 is 17.9 Å². The van der Waals surface area contributed by atoms with E-state index in [1.807, 2.05) is 0 Å². The Hall–Kier alpha value is -2.75. The molecule has 0 heterocycles. The Bertz CT molecular complexity index is 670. The van der Waals surface area contributed by atoms with E-state index < -0.39 is 0 Å². The summed E-state index contributed by atoms with van der Waals surface area (Å²) >= 11 is 0. The zero-order valence-electron chi connectivity index (χ0n) is 10.9. The maximum atomic E-state index is 11.5. The van der Waals surface area contributed by atoms with Gasteiger partial charge in [-0.2, -0.15) is 0 Å². The maximum Gasteiger partial charge on any atom is 0.164 e. The number of ketones is 1. The van der Waals surface area contributed by atoms with Crippen LogP contribution in [0.15, 0.2) is 36.4 Å². The molecule has 4 heteroatoms. The quantitative estimate of drug-likeness (QED) is 0.591. The van der Waals surface area contributed by atoms with Gasteiger partial charge in [0.15, 0.2) is 5.78 Å². The second-order valence-electron chi connectivity index (χ2n) is 4.41. The molecule has 2 aromatic carbocycles. The summed E-state index contributed by atoms with van der Waals surface area (Å²) in [6.07, 6.45) is 3.35. The fourth-order valence-electron chi connectivity index (χ4n) is 1.92. The Morgan fingerprint density at radius 1 is 0.950 bits per heavy atom. The molecule has 2 aromatic rings. The molecule has 0 aliphatic heterocycles. The number of rotatable bonds is 3. The molecule has 3 N–H and O–H groups in total. The molecule has 20 heavy (non-hydrogen) atoms. The number of benzene rings is 2.